The van der Waals surface area contributed by atoms with Crippen molar-refractivity contribution in [2.45, 2.75) is 33.4 Å². The van der Waals surface area contributed by atoms with Crippen molar-refractivity contribution in [2.24, 2.45) is 0 Å². The number of fused-ring (bicyclic) bond motifs is 2. The van der Waals surface area contributed by atoms with E-state index in [0.29, 0.717) is 13.2 Å². The molecule has 5 heteroatoms. The average Bonchev–Trinajstić information content (AvgIpc) is 3.28. The fourth-order valence-corrected chi connectivity index (χ4v) is 4.92. The standard InChI is InChI=1S/C25H22N2O2S/c1-16-17(2)30-24-22(16)25(28)27-12-11-20(23(27)26-24)13-19-9-6-10-21(14-19)29-15-18-7-4-3-5-8-18/h3-10,13-14H,11-12,15H2,1-2H3. The van der Waals surface area contributed by atoms with Gasteiger partial charge in [0.25, 0.3) is 5.56 Å². The first-order valence-electron chi connectivity index (χ1n) is 10.1. The summed E-state index contributed by atoms with van der Waals surface area (Å²) in [6.07, 6.45) is 2.94. The molecule has 0 fully saturated rings. The highest BCUT2D eigenvalue weighted by Gasteiger charge is 2.23. The summed E-state index contributed by atoms with van der Waals surface area (Å²) in [4.78, 5) is 19.9. The van der Waals surface area contributed by atoms with E-state index in [9.17, 15) is 4.79 Å². The number of aryl methyl sites for hydroxylation is 2. The largest absolute Gasteiger partial charge is 0.489 e. The Morgan fingerprint density at radius 2 is 1.97 bits per heavy atom. The molecular weight excluding hydrogens is 392 g/mol. The van der Waals surface area contributed by atoms with Gasteiger partial charge in [-0.2, -0.15) is 0 Å². The lowest BCUT2D eigenvalue weighted by atomic mass is 10.1. The number of thiophene rings is 1. The normalized spacial score (nSPS) is 14.4. The van der Waals surface area contributed by atoms with Crippen molar-refractivity contribution in [1.82, 2.24) is 9.55 Å². The Morgan fingerprint density at radius 3 is 2.80 bits per heavy atom. The summed E-state index contributed by atoms with van der Waals surface area (Å²) in [5.41, 5.74) is 4.43. The number of aromatic nitrogens is 2. The molecule has 3 heterocycles. The van der Waals surface area contributed by atoms with Crippen molar-refractivity contribution in [3.05, 3.63) is 92.3 Å². The van der Waals surface area contributed by atoms with Gasteiger partial charge in [0.2, 0.25) is 0 Å². The number of rotatable bonds is 4. The monoisotopic (exact) mass is 414 g/mol. The zero-order chi connectivity index (χ0) is 20.7. The highest BCUT2D eigenvalue weighted by atomic mass is 32.1. The van der Waals surface area contributed by atoms with Crippen LogP contribution in [0.15, 0.2) is 59.4 Å². The molecule has 0 unspecified atom stereocenters. The van der Waals surface area contributed by atoms with E-state index in [4.69, 9.17) is 9.72 Å². The summed E-state index contributed by atoms with van der Waals surface area (Å²) in [6, 6.07) is 18.2. The number of allylic oxidation sites excluding steroid dienone is 1. The van der Waals surface area contributed by atoms with Crippen LogP contribution in [0.25, 0.3) is 21.9 Å². The van der Waals surface area contributed by atoms with Crippen LogP contribution in [0.1, 0.15) is 33.8 Å². The van der Waals surface area contributed by atoms with Gasteiger partial charge in [-0.05, 0) is 60.7 Å². The summed E-state index contributed by atoms with van der Waals surface area (Å²) >= 11 is 1.60. The Labute approximate surface area is 179 Å². The van der Waals surface area contributed by atoms with Gasteiger partial charge in [0, 0.05) is 11.4 Å². The molecule has 5 rings (SSSR count). The lowest BCUT2D eigenvalue weighted by Crippen LogP contribution is -2.20. The molecule has 1 aliphatic rings. The van der Waals surface area contributed by atoms with Crippen molar-refractivity contribution in [3.8, 4) is 5.75 Å². The first kappa shape index (κ1) is 18.8. The maximum Gasteiger partial charge on any atom is 0.262 e. The van der Waals surface area contributed by atoms with Gasteiger partial charge in [0.05, 0.1) is 5.39 Å². The van der Waals surface area contributed by atoms with E-state index in [0.717, 1.165) is 55.4 Å². The third-order valence-corrected chi connectivity index (χ3v) is 6.73. The van der Waals surface area contributed by atoms with E-state index >= 15 is 0 Å². The van der Waals surface area contributed by atoms with Crippen LogP contribution in [0.4, 0.5) is 0 Å². The van der Waals surface area contributed by atoms with Crippen molar-refractivity contribution in [1.29, 1.82) is 0 Å². The van der Waals surface area contributed by atoms with Gasteiger partial charge in [-0.25, -0.2) is 4.98 Å². The molecule has 0 saturated heterocycles. The number of benzene rings is 2. The maximum absolute atomic E-state index is 13.0. The second-order valence-electron chi connectivity index (χ2n) is 7.62. The summed E-state index contributed by atoms with van der Waals surface area (Å²) in [5, 5.41) is 0.777. The van der Waals surface area contributed by atoms with Gasteiger partial charge in [0.1, 0.15) is 23.0 Å². The van der Waals surface area contributed by atoms with Crippen LogP contribution >= 0.6 is 11.3 Å². The summed E-state index contributed by atoms with van der Waals surface area (Å²) in [6.45, 7) is 5.28. The summed E-state index contributed by atoms with van der Waals surface area (Å²) in [5.74, 6) is 1.63. The van der Waals surface area contributed by atoms with Crippen LogP contribution in [0.5, 0.6) is 5.75 Å². The van der Waals surface area contributed by atoms with Crippen LogP contribution in [0.3, 0.4) is 0 Å². The van der Waals surface area contributed by atoms with Crippen molar-refractivity contribution in [3.63, 3.8) is 0 Å². The molecule has 0 bridgehead atoms. The van der Waals surface area contributed by atoms with Gasteiger partial charge in [-0.1, -0.05) is 42.5 Å². The Hall–Kier alpha value is -3.18. The first-order chi connectivity index (χ1) is 14.6. The van der Waals surface area contributed by atoms with Crippen molar-refractivity contribution < 1.29 is 4.74 Å². The molecule has 150 valence electrons. The molecule has 4 nitrogen and oxygen atoms in total. The van der Waals surface area contributed by atoms with Gasteiger partial charge >= 0.3 is 0 Å². The Balaban J connectivity index is 1.46. The Kier molecular flexibility index (Phi) is 4.75. The summed E-state index contributed by atoms with van der Waals surface area (Å²) < 4.78 is 7.78. The minimum atomic E-state index is 0.0835. The van der Waals surface area contributed by atoms with E-state index in [1.807, 2.05) is 47.9 Å². The molecule has 0 saturated carbocycles. The summed E-state index contributed by atoms with van der Waals surface area (Å²) in [7, 11) is 0. The number of hydrogen-bond acceptors (Lipinski definition) is 4. The van der Waals surface area contributed by atoms with Gasteiger partial charge in [-0.15, -0.1) is 11.3 Å². The van der Waals surface area contributed by atoms with Gasteiger partial charge < -0.3 is 4.74 Å². The molecule has 0 amide bonds. The molecule has 1 aliphatic heterocycles. The second kappa shape index (κ2) is 7.58. The molecule has 0 spiro atoms. The lowest BCUT2D eigenvalue weighted by Gasteiger charge is -2.07. The van der Waals surface area contributed by atoms with E-state index in [1.54, 1.807) is 11.3 Å². The predicted molar refractivity (Wildman–Crippen MR) is 123 cm³/mol. The highest BCUT2D eigenvalue weighted by molar-refractivity contribution is 7.18. The molecule has 2 aromatic carbocycles. The average molecular weight is 415 g/mol. The zero-order valence-corrected chi connectivity index (χ0v) is 17.8. The molecule has 0 N–H and O–H groups in total. The van der Waals surface area contributed by atoms with E-state index < -0.39 is 0 Å². The molecule has 2 aromatic heterocycles. The molecule has 0 radical (unpaired) electrons. The topological polar surface area (TPSA) is 44.1 Å². The molecule has 4 aromatic rings. The molecule has 0 atom stereocenters. The number of nitrogens with zero attached hydrogens (tertiary/aromatic N) is 2. The van der Waals surface area contributed by atoms with Crippen LogP contribution in [-0.2, 0) is 13.2 Å². The highest BCUT2D eigenvalue weighted by Crippen LogP contribution is 2.32. The third kappa shape index (κ3) is 3.35. The van der Waals surface area contributed by atoms with Crippen LogP contribution < -0.4 is 10.3 Å². The van der Waals surface area contributed by atoms with Crippen molar-refractivity contribution in [2.75, 3.05) is 0 Å². The predicted octanol–water partition coefficient (Wildman–Crippen LogP) is 5.60. The minimum Gasteiger partial charge on any atom is -0.489 e. The second-order valence-corrected chi connectivity index (χ2v) is 8.83. The Morgan fingerprint density at radius 1 is 1.13 bits per heavy atom. The Bertz CT molecular complexity index is 1330. The van der Waals surface area contributed by atoms with E-state index in [1.165, 1.54) is 0 Å². The van der Waals surface area contributed by atoms with Crippen molar-refractivity contribution >= 4 is 33.2 Å². The SMILES string of the molecule is Cc1sc2nc3n(c(=O)c2c1C)CCC3=Cc1cccc(OCc2ccccc2)c1. The smallest absolute Gasteiger partial charge is 0.262 e. The van der Waals surface area contributed by atoms with Crippen LogP contribution in [0.2, 0.25) is 0 Å². The molecular formula is C25H22N2O2S. The lowest BCUT2D eigenvalue weighted by molar-refractivity contribution is 0.306. The van der Waals surface area contributed by atoms with Crippen LogP contribution in [0, 0.1) is 13.8 Å². The zero-order valence-electron chi connectivity index (χ0n) is 17.0. The number of ether oxygens (including phenoxy) is 1. The molecule has 30 heavy (non-hydrogen) atoms. The third-order valence-electron chi connectivity index (χ3n) is 5.63. The fraction of sp³-hybridized carbons (Fsp3) is 0.200. The van der Waals surface area contributed by atoms with E-state index in [-0.39, 0.29) is 5.56 Å². The number of hydrogen-bond donors (Lipinski definition) is 0. The fourth-order valence-electron chi connectivity index (χ4n) is 3.90. The van der Waals surface area contributed by atoms with Gasteiger partial charge in [-0.3, -0.25) is 9.36 Å². The minimum absolute atomic E-state index is 0.0835. The van der Waals surface area contributed by atoms with E-state index in [2.05, 4.69) is 31.2 Å². The maximum atomic E-state index is 13.0. The van der Waals surface area contributed by atoms with Crippen LogP contribution in [-0.4, -0.2) is 9.55 Å². The molecule has 0 aliphatic carbocycles. The first-order valence-corrected chi connectivity index (χ1v) is 10.9. The van der Waals surface area contributed by atoms with Gasteiger partial charge in [0.15, 0.2) is 0 Å². The quantitative estimate of drug-likeness (QED) is 0.437.